The minimum absolute atomic E-state index is 0.181. The van der Waals surface area contributed by atoms with Crippen molar-refractivity contribution in [1.82, 2.24) is 4.90 Å². The van der Waals surface area contributed by atoms with Gasteiger partial charge in [0.05, 0.1) is 18.7 Å². The number of halogens is 1. The van der Waals surface area contributed by atoms with Crippen LogP contribution in [0.25, 0.3) is 5.57 Å². The lowest BCUT2D eigenvalue weighted by molar-refractivity contribution is -0.00588. The Labute approximate surface area is 163 Å². The lowest BCUT2D eigenvalue weighted by Gasteiger charge is -2.51. The van der Waals surface area contributed by atoms with Crippen molar-refractivity contribution < 1.29 is 14.3 Å². The summed E-state index contributed by atoms with van der Waals surface area (Å²) in [4.78, 5) is 14.2. The molecule has 28 heavy (non-hydrogen) atoms. The molecule has 2 aromatic rings. The van der Waals surface area contributed by atoms with Gasteiger partial charge in [0.15, 0.2) is 0 Å². The maximum absolute atomic E-state index is 13.5. The van der Waals surface area contributed by atoms with Crippen molar-refractivity contribution >= 4 is 11.5 Å². The molecule has 0 bridgehead atoms. The SMILES string of the molecule is N#C[C@@H]1[C@H](c2ccc(C3=CCCC3)cc2)[C@H](CO)N1C(=O)c1cccc(F)c1. The van der Waals surface area contributed by atoms with Gasteiger partial charge >= 0.3 is 0 Å². The molecule has 2 aromatic carbocycles. The molecule has 1 aliphatic carbocycles. The second-order valence-electron chi connectivity index (χ2n) is 7.32. The average Bonchev–Trinajstić information content (AvgIpc) is 3.23. The Bertz CT molecular complexity index is 961. The van der Waals surface area contributed by atoms with E-state index >= 15 is 0 Å². The largest absolute Gasteiger partial charge is 0.394 e. The topological polar surface area (TPSA) is 64.3 Å². The minimum Gasteiger partial charge on any atom is -0.394 e. The molecule has 1 amide bonds. The van der Waals surface area contributed by atoms with Crippen molar-refractivity contribution in [3.8, 4) is 6.07 Å². The molecule has 4 rings (SSSR count). The first-order valence-electron chi connectivity index (χ1n) is 9.52. The van der Waals surface area contributed by atoms with E-state index in [-0.39, 0.29) is 18.1 Å². The molecule has 0 saturated carbocycles. The van der Waals surface area contributed by atoms with E-state index in [0.717, 1.165) is 24.5 Å². The van der Waals surface area contributed by atoms with E-state index < -0.39 is 23.8 Å². The summed E-state index contributed by atoms with van der Waals surface area (Å²) in [6, 6.07) is 14.5. The normalized spacial score (nSPS) is 23.7. The molecule has 0 radical (unpaired) electrons. The summed E-state index contributed by atoms with van der Waals surface area (Å²) in [5.41, 5.74) is 3.64. The summed E-state index contributed by atoms with van der Waals surface area (Å²) >= 11 is 0. The number of nitrogens with zero attached hydrogens (tertiary/aromatic N) is 2. The van der Waals surface area contributed by atoms with Gasteiger partial charge < -0.3 is 10.0 Å². The lowest BCUT2D eigenvalue weighted by Crippen LogP contribution is -2.65. The van der Waals surface area contributed by atoms with Crippen molar-refractivity contribution in [2.75, 3.05) is 6.61 Å². The van der Waals surface area contributed by atoms with E-state index in [2.05, 4.69) is 12.1 Å². The molecule has 3 atom stereocenters. The maximum Gasteiger partial charge on any atom is 0.255 e. The van der Waals surface area contributed by atoms with E-state index in [9.17, 15) is 19.6 Å². The van der Waals surface area contributed by atoms with Crippen LogP contribution in [0.4, 0.5) is 4.39 Å². The fraction of sp³-hybridized carbons (Fsp3) is 0.304. The number of amides is 1. The fourth-order valence-corrected chi connectivity index (χ4v) is 4.31. The van der Waals surface area contributed by atoms with E-state index in [0.29, 0.717) is 0 Å². The molecule has 4 nitrogen and oxygen atoms in total. The Kier molecular flexibility index (Phi) is 4.97. The van der Waals surface area contributed by atoms with Gasteiger partial charge in [0.25, 0.3) is 5.91 Å². The van der Waals surface area contributed by atoms with E-state index in [4.69, 9.17) is 0 Å². The molecule has 142 valence electrons. The first-order valence-corrected chi connectivity index (χ1v) is 9.52. The average molecular weight is 376 g/mol. The Hall–Kier alpha value is -2.97. The highest BCUT2D eigenvalue weighted by molar-refractivity contribution is 5.95. The smallest absolute Gasteiger partial charge is 0.255 e. The number of nitriles is 1. The van der Waals surface area contributed by atoms with Crippen molar-refractivity contribution in [3.63, 3.8) is 0 Å². The van der Waals surface area contributed by atoms with E-state index in [1.165, 1.54) is 40.7 Å². The van der Waals surface area contributed by atoms with Gasteiger partial charge in [0.2, 0.25) is 0 Å². The summed E-state index contributed by atoms with van der Waals surface area (Å²) in [5, 5.41) is 19.6. The molecule has 0 aromatic heterocycles. The molecule has 2 aliphatic rings. The zero-order valence-corrected chi connectivity index (χ0v) is 15.4. The number of carbonyl (C=O) groups excluding carboxylic acids is 1. The molecule has 1 fully saturated rings. The number of hydrogen-bond donors (Lipinski definition) is 1. The van der Waals surface area contributed by atoms with Crippen molar-refractivity contribution in [2.45, 2.75) is 37.3 Å². The van der Waals surface area contributed by atoms with Crippen LogP contribution in [0.15, 0.2) is 54.6 Å². The van der Waals surface area contributed by atoms with Crippen LogP contribution < -0.4 is 0 Å². The first-order chi connectivity index (χ1) is 13.6. The van der Waals surface area contributed by atoms with Gasteiger partial charge in [0, 0.05) is 11.5 Å². The number of aliphatic hydroxyl groups excluding tert-OH is 1. The highest BCUT2D eigenvalue weighted by atomic mass is 19.1. The molecule has 1 saturated heterocycles. The Balaban J connectivity index is 1.58. The monoisotopic (exact) mass is 376 g/mol. The van der Waals surface area contributed by atoms with Gasteiger partial charge in [-0.15, -0.1) is 0 Å². The second-order valence-corrected chi connectivity index (χ2v) is 7.32. The third kappa shape index (κ3) is 3.10. The van der Waals surface area contributed by atoms with Crippen molar-refractivity contribution in [1.29, 1.82) is 5.26 Å². The van der Waals surface area contributed by atoms with Gasteiger partial charge in [0.1, 0.15) is 11.9 Å². The zero-order chi connectivity index (χ0) is 19.7. The molecule has 1 aliphatic heterocycles. The molecule has 1 N–H and O–H groups in total. The second kappa shape index (κ2) is 7.57. The van der Waals surface area contributed by atoms with Gasteiger partial charge in [-0.2, -0.15) is 5.26 Å². The standard InChI is InChI=1S/C23H21FN2O2/c24-19-7-3-6-18(12-19)23(28)26-20(13-25)22(21(26)14-27)17-10-8-16(9-11-17)15-4-1-2-5-15/h3-4,6-12,20-22,27H,1-2,5,14H2/t20-,21+,22+/m1/s1. The number of carbonyl (C=O) groups is 1. The van der Waals surface area contributed by atoms with Crippen LogP contribution in [0.2, 0.25) is 0 Å². The zero-order valence-electron chi connectivity index (χ0n) is 15.4. The summed E-state index contributed by atoms with van der Waals surface area (Å²) in [6.07, 6.45) is 5.63. The van der Waals surface area contributed by atoms with Crippen molar-refractivity contribution in [3.05, 3.63) is 77.1 Å². The Morgan fingerprint density at radius 3 is 2.64 bits per heavy atom. The van der Waals surface area contributed by atoms with Crippen LogP contribution >= 0.6 is 0 Å². The third-order valence-electron chi connectivity index (χ3n) is 5.74. The summed E-state index contributed by atoms with van der Waals surface area (Å²) in [7, 11) is 0. The molecule has 0 spiro atoms. The van der Waals surface area contributed by atoms with Gasteiger partial charge in [-0.05, 0) is 54.2 Å². The Morgan fingerprint density at radius 2 is 2.04 bits per heavy atom. The molecular formula is C23H21FN2O2. The number of aliphatic hydroxyl groups is 1. The van der Waals surface area contributed by atoms with Crippen LogP contribution in [-0.2, 0) is 0 Å². The van der Waals surface area contributed by atoms with Crippen LogP contribution in [0, 0.1) is 17.1 Å². The molecule has 1 heterocycles. The predicted octanol–water partition coefficient (Wildman–Crippen LogP) is 3.89. The van der Waals surface area contributed by atoms with Gasteiger partial charge in [-0.1, -0.05) is 36.4 Å². The number of allylic oxidation sites excluding steroid dienone is 2. The molecule has 0 unspecified atom stereocenters. The van der Waals surface area contributed by atoms with Crippen LogP contribution in [0.1, 0.15) is 46.7 Å². The number of rotatable bonds is 4. The van der Waals surface area contributed by atoms with Gasteiger partial charge in [-0.25, -0.2) is 4.39 Å². The predicted molar refractivity (Wildman–Crippen MR) is 104 cm³/mol. The Morgan fingerprint density at radius 1 is 1.25 bits per heavy atom. The first kappa shape index (κ1) is 18.4. The fourth-order valence-electron chi connectivity index (χ4n) is 4.31. The lowest BCUT2D eigenvalue weighted by atomic mass is 9.75. The highest BCUT2D eigenvalue weighted by Crippen LogP contribution is 2.42. The minimum atomic E-state index is -0.690. The van der Waals surface area contributed by atoms with Crippen LogP contribution in [-0.4, -0.2) is 34.6 Å². The molecule has 5 heteroatoms. The van der Waals surface area contributed by atoms with E-state index in [1.807, 2.05) is 24.3 Å². The van der Waals surface area contributed by atoms with Crippen LogP contribution in [0.3, 0.4) is 0 Å². The highest BCUT2D eigenvalue weighted by Gasteiger charge is 2.51. The maximum atomic E-state index is 13.5. The van der Waals surface area contributed by atoms with Crippen LogP contribution in [0.5, 0.6) is 0 Å². The quantitative estimate of drug-likeness (QED) is 0.881. The number of benzene rings is 2. The van der Waals surface area contributed by atoms with E-state index in [1.54, 1.807) is 0 Å². The van der Waals surface area contributed by atoms with Gasteiger partial charge in [-0.3, -0.25) is 4.79 Å². The molecular weight excluding hydrogens is 355 g/mol. The van der Waals surface area contributed by atoms with Crippen molar-refractivity contribution in [2.24, 2.45) is 0 Å². The number of likely N-dealkylation sites (tertiary alicyclic amines) is 1. The summed E-state index contributed by atoms with van der Waals surface area (Å²) < 4.78 is 13.5. The summed E-state index contributed by atoms with van der Waals surface area (Å²) in [6.45, 7) is -0.253. The third-order valence-corrected chi connectivity index (χ3v) is 5.74. The number of hydrogen-bond acceptors (Lipinski definition) is 3. The summed E-state index contributed by atoms with van der Waals surface area (Å²) in [5.74, 6) is -1.21.